The Bertz CT molecular complexity index is 366. The summed E-state index contributed by atoms with van der Waals surface area (Å²) in [5, 5.41) is 7.62. The van der Waals surface area contributed by atoms with E-state index in [0.29, 0.717) is 10.9 Å². The fraction of sp³-hybridized carbons (Fsp3) is 0.444. The minimum absolute atomic E-state index is 0.263. The summed E-state index contributed by atoms with van der Waals surface area (Å²) < 4.78 is 0. The van der Waals surface area contributed by atoms with E-state index in [2.05, 4.69) is 27.3 Å². The largest absolute Gasteiger partial charge is 0.333 e. The Morgan fingerprint density at radius 3 is 2.73 bits per heavy atom. The molecule has 1 rings (SSSR count). The highest BCUT2D eigenvalue weighted by Gasteiger charge is 2.14. The lowest BCUT2D eigenvalue weighted by atomic mass is 10.1. The van der Waals surface area contributed by atoms with Gasteiger partial charge in [0.15, 0.2) is 10.9 Å². The Morgan fingerprint density at radius 1 is 1.60 bits per heavy atom. The molecule has 0 spiro atoms. The molecule has 2 N–H and O–H groups in total. The first-order valence-electron chi connectivity index (χ1n) is 4.42. The number of aromatic nitrogens is 1. The fourth-order valence-corrected chi connectivity index (χ4v) is 1.51. The van der Waals surface area contributed by atoms with Gasteiger partial charge in [-0.1, -0.05) is 0 Å². The van der Waals surface area contributed by atoms with Gasteiger partial charge in [0, 0.05) is 10.9 Å². The molecule has 0 atom stereocenters. The van der Waals surface area contributed by atoms with Gasteiger partial charge in [-0.05, 0) is 27.5 Å². The van der Waals surface area contributed by atoms with Crippen molar-refractivity contribution in [1.29, 1.82) is 0 Å². The summed E-state index contributed by atoms with van der Waals surface area (Å²) >= 11 is 1.31. The molecule has 0 fully saturated rings. The third-order valence-electron chi connectivity index (χ3n) is 1.36. The van der Waals surface area contributed by atoms with Gasteiger partial charge in [0.1, 0.15) is 0 Å². The number of hydrogen-bond acceptors (Lipinski definition) is 4. The maximum atomic E-state index is 11.4. The number of nitrogens with one attached hydrogen (secondary N) is 2. The summed E-state index contributed by atoms with van der Waals surface area (Å²) in [5.74, 6) is 0.519. The van der Waals surface area contributed by atoms with Crippen molar-refractivity contribution in [3.8, 4) is 0 Å². The molecule has 0 radical (unpaired) electrons. The molecule has 2 amide bonds. The maximum Gasteiger partial charge on any atom is 0.321 e. The Hall–Kier alpha value is -1.43. The average Bonchev–Trinajstić information content (AvgIpc) is 2.48. The van der Waals surface area contributed by atoms with Gasteiger partial charge in [-0.2, -0.15) is 0 Å². The van der Waals surface area contributed by atoms with E-state index in [1.807, 2.05) is 20.8 Å². The molecule has 1 aromatic heterocycles. The molecular formula is C9H14N4OS. The van der Waals surface area contributed by atoms with Gasteiger partial charge in [0.05, 0.1) is 0 Å². The highest BCUT2D eigenvalue weighted by atomic mass is 32.1. The smallest absolute Gasteiger partial charge is 0.321 e. The molecule has 6 heteroatoms. The van der Waals surface area contributed by atoms with Crippen molar-refractivity contribution in [2.75, 3.05) is 5.32 Å². The Balaban J connectivity index is 2.55. The van der Waals surface area contributed by atoms with Crippen molar-refractivity contribution in [3.05, 3.63) is 5.38 Å². The zero-order valence-electron chi connectivity index (χ0n) is 9.00. The van der Waals surface area contributed by atoms with Gasteiger partial charge in [0.2, 0.25) is 0 Å². The minimum atomic E-state index is -0.271. The summed E-state index contributed by atoms with van der Waals surface area (Å²) in [4.78, 5) is 19.1. The second-order valence-electron chi connectivity index (χ2n) is 4.00. The summed E-state index contributed by atoms with van der Waals surface area (Å²) in [6.45, 7) is 9.07. The first-order valence-corrected chi connectivity index (χ1v) is 5.30. The summed E-state index contributed by atoms with van der Waals surface area (Å²) in [5.41, 5.74) is -0.263. The van der Waals surface area contributed by atoms with Gasteiger partial charge >= 0.3 is 6.03 Å². The molecule has 0 bridgehead atoms. The van der Waals surface area contributed by atoms with Crippen LogP contribution >= 0.6 is 11.3 Å². The number of urea groups is 1. The van der Waals surface area contributed by atoms with E-state index in [9.17, 15) is 4.79 Å². The number of carbonyl (C=O) groups excluding carboxylic acids is 1. The zero-order valence-corrected chi connectivity index (χ0v) is 9.81. The molecule has 1 aromatic rings. The van der Waals surface area contributed by atoms with Crippen molar-refractivity contribution in [1.82, 2.24) is 10.3 Å². The average molecular weight is 226 g/mol. The van der Waals surface area contributed by atoms with Crippen LogP contribution in [0, 0.1) is 0 Å². The SMILES string of the molecule is C=Nc1csc(NC(=O)NC(C)(C)C)n1. The molecule has 0 unspecified atom stereocenters. The van der Waals surface area contributed by atoms with E-state index in [-0.39, 0.29) is 11.6 Å². The van der Waals surface area contributed by atoms with Gasteiger partial charge in [-0.25, -0.2) is 14.8 Å². The topological polar surface area (TPSA) is 66.4 Å². The molecule has 82 valence electrons. The highest BCUT2D eigenvalue weighted by molar-refractivity contribution is 7.14. The van der Waals surface area contributed by atoms with Crippen molar-refractivity contribution in [2.45, 2.75) is 26.3 Å². The van der Waals surface area contributed by atoms with E-state index in [1.54, 1.807) is 5.38 Å². The third-order valence-corrected chi connectivity index (χ3v) is 2.11. The Kier molecular flexibility index (Phi) is 3.41. The van der Waals surface area contributed by atoms with Crippen LogP contribution in [-0.2, 0) is 0 Å². The van der Waals surface area contributed by atoms with Crippen LogP contribution in [0.5, 0.6) is 0 Å². The Labute approximate surface area is 92.6 Å². The predicted octanol–water partition coefficient (Wildman–Crippen LogP) is 2.40. The summed E-state index contributed by atoms with van der Waals surface area (Å²) in [6, 6.07) is -0.271. The van der Waals surface area contributed by atoms with E-state index in [4.69, 9.17) is 0 Å². The second-order valence-corrected chi connectivity index (χ2v) is 4.86. The lowest BCUT2D eigenvalue weighted by Gasteiger charge is -2.19. The van der Waals surface area contributed by atoms with Crippen molar-refractivity contribution >= 4 is 35.0 Å². The molecule has 0 aliphatic carbocycles. The second kappa shape index (κ2) is 4.39. The number of nitrogens with zero attached hydrogens (tertiary/aromatic N) is 2. The lowest BCUT2D eigenvalue weighted by Crippen LogP contribution is -2.43. The standard InChI is InChI=1S/C9H14N4OS/c1-9(2,3)13-7(14)12-8-11-6(10-4)5-15-8/h5H,4H2,1-3H3,(H2,11,12,13,14). The van der Waals surface area contributed by atoms with E-state index in [1.165, 1.54) is 11.3 Å². The molecule has 1 heterocycles. The van der Waals surface area contributed by atoms with Gasteiger partial charge in [-0.15, -0.1) is 11.3 Å². The molecule has 0 saturated carbocycles. The normalized spacial score (nSPS) is 10.9. The van der Waals surface area contributed by atoms with Crippen LogP contribution in [0.4, 0.5) is 15.7 Å². The molecule has 0 saturated heterocycles. The monoisotopic (exact) mass is 226 g/mol. The van der Waals surface area contributed by atoms with E-state index >= 15 is 0 Å². The lowest BCUT2D eigenvalue weighted by molar-refractivity contribution is 0.244. The summed E-state index contributed by atoms with van der Waals surface area (Å²) in [6.07, 6.45) is 0. The van der Waals surface area contributed by atoms with Crippen LogP contribution in [0.3, 0.4) is 0 Å². The van der Waals surface area contributed by atoms with Crippen LogP contribution < -0.4 is 10.6 Å². The van der Waals surface area contributed by atoms with Gasteiger partial charge in [0.25, 0.3) is 0 Å². The number of rotatable bonds is 2. The quantitative estimate of drug-likeness (QED) is 0.760. The fourth-order valence-electron chi connectivity index (χ4n) is 0.864. The summed E-state index contributed by atoms with van der Waals surface area (Å²) in [7, 11) is 0. The first-order chi connectivity index (χ1) is 6.90. The number of thiazole rings is 1. The van der Waals surface area contributed by atoms with Crippen LogP contribution in [0.25, 0.3) is 0 Å². The molecule has 15 heavy (non-hydrogen) atoms. The minimum Gasteiger partial charge on any atom is -0.333 e. The van der Waals surface area contributed by atoms with Gasteiger partial charge < -0.3 is 5.32 Å². The molecule has 0 aliphatic heterocycles. The predicted molar refractivity (Wildman–Crippen MR) is 63.2 cm³/mol. The third kappa shape index (κ3) is 4.07. The Morgan fingerprint density at radius 2 is 2.27 bits per heavy atom. The number of carbonyl (C=O) groups is 1. The molecule has 0 aromatic carbocycles. The van der Waals surface area contributed by atoms with Crippen LogP contribution in [0.2, 0.25) is 0 Å². The highest BCUT2D eigenvalue weighted by Crippen LogP contribution is 2.20. The number of hydrogen-bond donors (Lipinski definition) is 2. The van der Waals surface area contributed by atoms with Crippen LogP contribution in [0.1, 0.15) is 20.8 Å². The van der Waals surface area contributed by atoms with Gasteiger partial charge in [-0.3, -0.25) is 5.32 Å². The maximum absolute atomic E-state index is 11.4. The molecule has 5 nitrogen and oxygen atoms in total. The molecular weight excluding hydrogens is 212 g/mol. The number of aliphatic imine (C=N–C) groups is 1. The number of amides is 2. The van der Waals surface area contributed by atoms with Crippen LogP contribution in [-0.4, -0.2) is 23.3 Å². The van der Waals surface area contributed by atoms with Crippen molar-refractivity contribution < 1.29 is 4.79 Å². The molecule has 0 aliphatic rings. The van der Waals surface area contributed by atoms with Crippen molar-refractivity contribution in [2.24, 2.45) is 4.99 Å². The first kappa shape index (κ1) is 11.6. The van der Waals surface area contributed by atoms with Crippen molar-refractivity contribution in [3.63, 3.8) is 0 Å². The van der Waals surface area contributed by atoms with E-state index < -0.39 is 0 Å². The van der Waals surface area contributed by atoms with Crippen LogP contribution in [0.15, 0.2) is 10.4 Å². The number of anilines is 1. The zero-order chi connectivity index (χ0) is 11.5. The van der Waals surface area contributed by atoms with E-state index in [0.717, 1.165) is 0 Å².